The number of aliphatic hydroxyl groups is 1. The van der Waals surface area contributed by atoms with Gasteiger partial charge in [0.05, 0.1) is 18.3 Å². The van der Waals surface area contributed by atoms with Gasteiger partial charge in [0.2, 0.25) is 0 Å². The first-order valence-corrected chi connectivity index (χ1v) is 7.33. The Kier molecular flexibility index (Phi) is 3.38. The van der Waals surface area contributed by atoms with Crippen LogP contribution in [0.15, 0.2) is 18.5 Å². The number of fused-ring (bicyclic) bond motifs is 1. The Balaban J connectivity index is 2.07. The van der Waals surface area contributed by atoms with Crippen LogP contribution in [0.3, 0.4) is 0 Å². The molecule has 1 N–H and O–H groups in total. The Bertz CT molecular complexity index is 607. The molecule has 0 amide bonds. The van der Waals surface area contributed by atoms with Crippen LogP contribution in [0.2, 0.25) is 0 Å². The van der Waals surface area contributed by atoms with E-state index in [2.05, 4.69) is 41.8 Å². The molecule has 2 aromatic heterocycles. The molecule has 2 aromatic rings. The summed E-state index contributed by atoms with van der Waals surface area (Å²) >= 11 is 0. The molecule has 3 rings (SSSR count). The van der Waals surface area contributed by atoms with Crippen molar-refractivity contribution in [1.82, 2.24) is 14.6 Å². The maximum atomic E-state index is 9.64. The van der Waals surface area contributed by atoms with E-state index < -0.39 is 0 Å². The van der Waals surface area contributed by atoms with Crippen molar-refractivity contribution in [3.8, 4) is 0 Å². The van der Waals surface area contributed by atoms with Crippen LogP contribution in [0.1, 0.15) is 38.8 Å². The summed E-state index contributed by atoms with van der Waals surface area (Å²) in [6.45, 7) is 7.60. The van der Waals surface area contributed by atoms with Crippen molar-refractivity contribution in [3.63, 3.8) is 0 Å². The number of nitrogens with zero attached hydrogens (tertiary/aromatic N) is 4. The van der Waals surface area contributed by atoms with Gasteiger partial charge in [-0.25, -0.2) is 9.50 Å². The SMILES string of the molecule is CC(C)c1cc2c(N3CCC(C)C3CO)nccn2n1. The van der Waals surface area contributed by atoms with Gasteiger partial charge in [0, 0.05) is 18.9 Å². The molecule has 108 valence electrons. The molecule has 0 radical (unpaired) electrons. The molecule has 5 heteroatoms. The number of hydrogen-bond acceptors (Lipinski definition) is 4. The molecule has 1 saturated heterocycles. The van der Waals surface area contributed by atoms with E-state index in [1.807, 2.05) is 10.7 Å². The number of aliphatic hydroxyl groups excluding tert-OH is 1. The second-order valence-corrected chi connectivity index (χ2v) is 6.01. The van der Waals surface area contributed by atoms with E-state index in [-0.39, 0.29) is 12.6 Å². The maximum absolute atomic E-state index is 9.64. The first-order chi connectivity index (χ1) is 9.61. The molecular formula is C15H22N4O. The van der Waals surface area contributed by atoms with Gasteiger partial charge in [-0.15, -0.1) is 0 Å². The summed E-state index contributed by atoms with van der Waals surface area (Å²) in [4.78, 5) is 6.78. The molecule has 0 saturated carbocycles. The fourth-order valence-electron chi connectivity index (χ4n) is 2.98. The minimum absolute atomic E-state index is 0.158. The number of hydrogen-bond donors (Lipinski definition) is 1. The smallest absolute Gasteiger partial charge is 0.155 e. The molecule has 5 nitrogen and oxygen atoms in total. The highest BCUT2D eigenvalue weighted by Crippen LogP contribution is 2.31. The van der Waals surface area contributed by atoms with Crippen LogP contribution in [0.25, 0.3) is 5.52 Å². The highest BCUT2D eigenvalue weighted by Gasteiger charge is 2.32. The molecule has 0 aliphatic carbocycles. The van der Waals surface area contributed by atoms with E-state index in [1.165, 1.54) is 0 Å². The van der Waals surface area contributed by atoms with Gasteiger partial charge in [0.25, 0.3) is 0 Å². The second-order valence-electron chi connectivity index (χ2n) is 6.01. The van der Waals surface area contributed by atoms with E-state index >= 15 is 0 Å². The van der Waals surface area contributed by atoms with Crippen LogP contribution in [0, 0.1) is 5.92 Å². The van der Waals surface area contributed by atoms with E-state index in [1.54, 1.807) is 6.20 Å². The molecule has 1 aliphatic heterocycles. The van der Waals surface area contributed by atoms with E-state index in [9.17, 15) is 5.11 Å². The molecule has 0 bridgehead atoms. The normalized spacial score (nSPS) is 23.1. The molecule has 0 aromatic carbocycles. The lowest BCUT2D eigenvalue weighted by molar-refractivity contribution is 0.244. The topological polar surface area (TPSA) is 53.7 Å². The van der Waals surface area contributed by atoms with Gasteiger partial charge in [-0.05, 0) is 24.3 Å². The number of rotatable bonds is 3. The standard InChI is InChI=1S/C15H22N4O/c1-10(2)12-8-13-15(16-5-7-19(13)17-12)18-6-4-11(3)14(18)9-20/h5,7-8,10-11,14,20H,4,6,9H2,1-3H3. The zero-order chi connectivity index (χ0) is 14.3. The lowest BCUT2D eigenvalue weighted by atomic mass is 10.0. The van der Waals surface area contributed by atoms with Crippen molar-refractivity contribution in [1.29, 1.82) is 0 Å². The lowest BCUT2D eigenvalue weighted by Crippen LogP contribution is -2.36. The van der Waals surface area contributed by atoms with Gasteiger partial charge in [-0.3, -0.25) is 0 Å². The lowest BCUT2D eigenvalue weighted by Gasteiger charge is -2.26. The van der Waals surface area contributed by atoms with Crippen LogP contribution in [0.5, 0.6) is 0 Å². The fourth-order valence-corrected chi connectivity index (χ4v) is 2.98. The highest BCUT2D eigenvalue weighted by molar-refractivity contribution is 5.70. The average Bonchev–Trinajstić information content (AvgIpc) is 3.01. The Morgan fingerprint density at radius 3 is 2.95 bits per heavy atom. The first kappa shape index (κ1) is 13.4. The van der Waals surface area contributed by atoms with Gasteiger partial charge < -0.3 is 10.0 Å². The second kappa shape index (κ2) is 5.05. The van der Waals surface area contributed by atoms with E-state index in [0.29, 0.717) is 11.8 Å². The third-order valence-electron chi connectivity index (χ3n) is 4.32. The van der Waals surface area contributed by atoms with E-state index in [0.717, 1.165) is 30.0 Å². The van der Waals surface area contributed by atoms with Crippen LogP contribution in [-0.2, 0) is 0 Å². The Hall–Kier alpha value is -1.62. The summed E-state index contributed by atoms with van der Waals surface area (Å²) in [5.74, 6) is 1.83. The van der Waals surface area contributed by atoms with Crippen LogP contribution in [-0.4, -0.2) is 38.9 Å². The zero-order valence-electron chi connectivity index (χ0n) is 12.3. The summed E-state index contributed by atoms with van der Waals surface area (Å²) in [5.41, 5.74) is 2.11. The van der Waals surface area contributed by atoms with Gasteiger partial charge in [-0.2, -0.15) is 5.10 Å². The van der Waals surface area contributed by atoms with Crippen LogP contribution in [0.4, 0.5) is 5.82 Å². The third-order valence-corrected chi connectivity index (χ3v) is 4.32. The van der Waals surface area contributed by atoms with Gasteiger partial charge in [0.15, 0.2) is 5.82 Å². The summed E-state index contributed by atoms with van der Waals surface area (Å²) in [6.07, 6.45) is 4.77. The Morgan fingerprint density at radius 2 is 2.25 bits per heavy atom. The maximum Gasteiger partial charge on any atom is 0.155 e. The summed E-state index contributed by atoms with van der Waals surface area (Å²) < 4.78 is 1.90. The molecule has 20 heavy (non-hydrogen) atoms. The van der Waals surface area contributed by atoms with E-state index in [4.69, 9.17) is 0 Å². The summed E-state index contributed by atoms with van der Waals surface area (Å²) in [7, 11) is 0. The minimum Gasteiger partial charge on any atom is -0.394 e. The molecule has 0 spiro atoms. The summed E-state index contributed by atoms with van der Waals surface area (Å²) in [6, 6.07) is 2.27. The van der Waals surface area contributed by atoms with Crippen molar-refractivity contribution in [3.05, 3.63) is 24.2 Å². The fraction of sp³-hybridized carbons (Fsp3) is 0.600. The van der Waals surface area contributed by atoms with Gasteiger partial charge >= 0.3 is 0 Å². The van der Waals surface area contributed by atoms with Gasteiger partial charge in [0.1, 0.15) is 5.52 Å². The van der Waals surface area contributed by atoms with Gasteiger partial charge in [-0.1, -0.05) is 20.8 Å². The summed E-state index contributed by atoms with van der Waals surface area (Å²) in [5, 5.41) is 14.2. The first-order valence-electron chi connectivity index (χ1n) is 7.33. The van der Waals surface area contributed by atoms with Crippen molar-refractivity contribution in [2.24, 2.45) is 5.92 Å². The molecule has 1 aliphatic rings. The zero-order valence-corrected chi connectivity index (χ0v) is 12.3. The largest absolute Gasteiger partial charge is 0.394 e. The number of anilines is 1. The Labute approximate surface area is 119 Å². The molecular weight excluding hydrogens is 252 g/mol. The third kappa shape index (κ3) is 2.06. The van der Waals surface area contributed by atoms with Crippen molar-refractivity contribution in [2.75, 3.05) is 18.1 Å². The predicted molar refractivity (Wildman–Crippen MR) is 79.1 cm³/mol. The molecule has 1 fully saturated rings. The monoisotopic (exact) mass is 274 g/mol. The minimum atomic E-state index is 0.158. The van der Waals surface area contributed by atoms with Crippen molar-refractivity contribution in [2.45, 2.75) is 39.2 Å². The quantitative estimate of drug-likeness (QED) is 0.931. The average molecular weight is 274 g/mol. The molecule has 3 heterocycles. The highest BCUT2D eigenvalue weighted by atomic mass is 16.3. The van der Waals surface area contributed by atoms with Crippen LogP contribution < -0.4 is 4.90 Å². The number of aromatic nitrogens is 3. The van der Waals surface area contributed by atoms with Crippen molar-refractivity contribution < 1.29 is 5.11 Å². The predicted octanol–water partition coefficient (Wildman–Crippen LogP) is 2.06. The van der Waals surface area contributed by atoms with Crippen molar-refractivity contribution >= 4 is 11.3 Å². The molecule has 2 unspecified atom stereocenters. The Morgan fingerprint density at radius 1 is 1.45 bits per heavy atom. The molecule has 2 atom stereocenters. The van der Waals surface area contributed by atoms with Crippen LogP contribution >= 0.6 is 0 Å².